The van der Waals surface area contributed by atoms with Gasteiger partial charge in [-0.15, -0.1) is 0 Å². The van der Waals surface area contributed by atoms with E-state index in [4.69, 9.17) is 5.26 Å². The van der Waals surface area contributed by atoms with Crippen molar-refractivity contribution in [2.45, 2.75) is 0 Å². The summed E-state index contributed by atoms with van der Waals surface area (Å²) in [4.78, 5) is 3.92. The van der Waals surface area contributed by atoms with Crippen molar-refractivity contribution in [1.29, 1.82) is 5.26 Å². The van der Waals surface area contributed by atoms with Gasteiger partial charge in [0.2, 0.25) is 0 Å². The molecule has 0 saturated heterocycles. The van der Waals surface area contributed by atoms with E-state index >= 15 is 0 Å². The summed E-state index contributed by atoms with van der Waals surface area (Å²) in [6.07, 6.45) is 3.22. The fourth-order valence-electron chi connectivity index (χ4n) is 1.32. The molecule has 0 unspecified atom stereocenters. The average molecular weight is 292 g/mol. The molecule has 17 heavy (non-hydrogen) atoms. The fraction of sp³-hybridized carbons (Fsp3) is 0. The number of halogens is 2. The van der Waals surface area contributed by atoms with Crippen LogP contribution >= 0.6 is 15.9 Å². The summed E-state index contributed by atoms with van der Waals surface area (Å²) >= 11 is 3.05. The van der Waals surface area contributed by atoms with Crippen LogP contribution in [0, 0.1) is 17.1 Å². The van der Waals surface area contributed by atoms with Crippen LogP contribution in [0.2, 0.25) is 0 Å². The molecule has 0 amide bonds. The third-order valence-corrected chi connectivity index (χ3v) is 2.92. The van der Waals surface area contributed by atoms with Gasteiger partial charge in [-0.05, 0) is 40.2 Å². The maximum Gasteiger partial charge on any atom is 0.162 e. The van der Waals surface area contributed by atoms with Crippen LogP contribution in [0.4, 0.5) is 15.8 Å². The van der Waals surface area contributed by atoms with Gasteiger partial charge < -0.3 is 5.32 Å². The van der Waals surface area contributed by atoms with E-state index in [1.165, 1.54) is 6.07 Å². The Kier molecular flexibility index (Phi) is 3.35. The van der Waals surface area contributed by atoms with Crippen LogP contribution in [0.25, 0.3) is 0 Å². The van der Waals surface area contributed by atoms with Crippen molar-refractivity contribution in [2.75, 3.05) is 5.32 Å². The topological polar surface area (TPSA) is 48.7 Å². The SMILES string of the molecule is N#Cc1ccc(Nc2cccnc2)c(F)c1Br. The number of benzene rings is 1. The normalized spacial score (nSPS) is 9.71. The third-order valence-electron chi connectivity index (χ3n) is 2.14. The molecule has 0 spiro atoms. The lowest BCUT2D eigenvalue weighted by Crippen LogP contribution is -1.96. The molecule has 0 aliphatic carbocycles. The molecule has 0 radical (unpaired) electrons. The monoisotopic (exact) mass is 291 g/mol. The van der Waals surface area contributed by atoms with Gasteiger partial charge in [0.05, 0.1) is 27.6 Å². The summed E-state index contributed by atoms with van der Waals surface area (Å²) in [7, 11) is 0. The highest BCUT2D eigenvalue weighted by molar-refractivity contribution is 9.10. The number of nitrogens with zero attached hydrogens (tertiary/aromatic N) is 2. The van der Waals surface area contributed by atoms with E-state index in [1.54, 1.807) is 30.6 Å². The highest BCUT2D eigenvalue weighted by atomic mass is 79.9. The number of hydrogen-bond donors (Lipinski definition) is 1. The Morgan fingerprint density at radius 3 is 2.82 bits per heavy atom. The van der Waals surface area contributed by atoms with Gasteiger partial charge in [-0.1, -0.05) is 0 Å². The van der Waals surface area contributed by atoms with Crippen LogP contribution < -0.4 is 5.32 Å². The number of aromatic nitrogens is 1. The van der Waals surface area contributed by atoms with Crippen LogP contribution in [0.1, 0.15) is 5.56 Å². The number of hydrogen-bond acceptors (Lipinski definition) is 3. The lowest BCUT2D eigenvalue weighted by molar-refractivity contribution is 0.624. The zero-order chi connectivity index (χ0) is 12.3. The summed E-state index contributed by atoms with van der Waals surface area (Å²) < 4.78 is 14.0. The van der Waals surface area contributed by atoms with E-state index in [2.05, 4.69) is 26.2 Å². The predicted octanol–water partition coefficient (Wildman–Crippen LogP) is 3.60. The Hall–Kier alpha value is -1.93. The molecule has 2 aromatic rings. The second-order valence-corrected chi connectivity index (χ2v) is 4.06. The van der Waals surface area contributed by atoms with Crippen LogP contribution in [-0.2, 0) is 0 Å². The Bertz CT molecular complexity index is 578. The summed E-state index contributed by atoms with van der Waals surface area (Å²) in [5.41, 5.74) is 1.24. The summed E-state index contributed by atoms with van der Waals surface area (Å²) in [6.45, 7) is 0. The van der Waals surface area contributed by atoms with Crippen molar-refractivity contribution < 1.29 is 4.39 Å². The van der Waals surface area contributed by atoms with Gasteiger partial charge in [0.1, 0.15) is 6.07 Å². The maximum atomic E-state index is 13.9. The van der Waals surface area contributed by atoms with Gasteiger partial charge >= 0.3 is 0 Å². The minimum Gasteiger partial charge on any atom is -0.352 e. The molecule has 1 N–H and O–H groups in total. The Morgan fingerprint density at radius 2 is 2.18 bits per heavy atom. The molecular formula is C12H7BrFN3. The van der Waals surface area contributed by atoms with E-state index in [-0.39, 0.29) is 10.0 Å². The minimum absolute atomic E-state index is 0.161. The second-order valence-electron chi connectivity index (χ2n) is 3.27. The van der Waals surface area contributed by atoms with Crippen molar-refractivity contribution in [2.24, 2.45) is 0 Å². The van der Waals surface area contributed by atoms with Crippen molar-refractivity contribution >= 4 is 27.3 Å². The van der Waals surface area contributed by atoms with E-state index in [1.807, 2.05) is 6.07 Å². The van der Waals surface area contributed by atoms with Gasteiger partial charge in [0.15, 0.2) is 5.82 Å². The van der Waals surface area contributed by atoms with Crippen molar-refractivity contribution in [3.63, 3.8) is 0 Å². The quantitative estimate of drug-likeness (QED) is 0.920. The fourth-order valence-corrected chi connectivity index (χ4v) is 1.76. The third kappa shape index (κ3) is 2.43. The Labute approximate surface area is 106 Å². The van der Waals surface area contributed by atoms with Crippen LogP contribution in [0.3, 0.4) is 0 Å². The van der Waals surface area contributed by atoms with Crippen molar-refractivity contribution in [1.82, 2.24) is 4.98 Å². The van der Waals surface area contributed by atoms with Gasteiger partial charge in [-0.2, -0.15) is 5.26 Å². The van der Waals surface area contributed by atoms with E-state index in [9.17, 15) is 4.39 Å². The first-order valence-corrected chi connectivity index (χ1v) is 5.57. The molecule has 0 fully saturated rings. The number of nitrogens with one attached hydrogen (secondary N) is 1. The van der Waals surface area contributed by atoms with E-state index in [0.717, 1.165) is 0 Å². The lowest BCUT2D eigenvalue weighted by atomic mass is 10.2. The van der Waals surface area contributed by atoms with Gasteiger partial charge in [-0.3, -0.25) is 4.98 Å². The lowest BCUT2D eigenvalue weighted by Gasteiger charge is -2.08. The molecule has 2 rings (SSSR count). The van der Waals surface area contributed by atoms with E-state index in [0.29, 0.717) is 11.4 Å². The van der Waals surface area contributed by atoms with Crippen LogP contribution in [-0.4, -0.2) is 4.98 Å². The summed E-state index contributed by atoms with van der Waals surface area (Å²) in [5, 5.41) is 11.6. The smallest absolute Gasteiger partial charge is 0.162 e. The molecule has 0 bridgehead atoms. The minimum atomic E-state index is -0.493. The molecule has 1 aromatic carbocycles. The summed E-state index contributed by atoms with van der Waals surface area (Å²) in [6, 6.07) is 8.49. The molecule has 5 heteroatoms. The van der Waals surface area contributed by atoms with Crippen molar-refractivity contribution in [3.05, 3.63) is 52.5 Å². The first-order chi connectivity index (χ1) is 8.22. The Morgan fingerprint density at radius 1 is 1.35 bits per heavy atom. The average Bonchev–Trinajstić information content (AvgIpc) is 2.37. The van der Waals surface area contributed by atoms with Gasteiger partial charge in [-0.25, -0.2) is 4.39 Å². The predicted molar refractivity (Wildman–Crippen MR) is 66.3 cm³/mol. The number of pyridine rings is 1. The van der Waals surface area contributed by atoms with Crippen LogP contribution in [0.5, 0.6) is 0 Å². The molecule has 84 valence electrons. The number of nitriles is 1. The number of anilines is 2. The molecule has 0 aliphatic heterocycles. The first-order valence-electron chi connectivity index (χ1n) is 4.77. The van der Waals surface area contributed by atoms with Gasteiger partial charge in [0, 0.05) is 6.20 Å². The van der Waals surface area contributed by atoms with Gasteiger partial charge in [0.25, 0.3) is 0 Å². The largest absolute Gasteiger partial charge is 0.352 e. The molecule has 1 aromatic heterocycles. The summed E-state index contributed by atoms with van der Waals surface area (Å²) in [5.74, 6) is -0.493. The highest BCUT2D eigenvalue weighted by Gasteiger charge is 2.10. The maximum absolute atomic E-state index is 13.9. The zero-order valence-corrected chi connectivity index (χ0v) is 10.2. The molecule has 0 saturated carbocycles. The van der Waals surface area contributed by atoms with Crippen molar-refractivity contribution in [3.8, 4) is 6.07 Å². The second kappa shape index (κ2) is 4.93. The molecular weight excluding hydrogens is 285 g/mol. The highest BCUT2D eigenvalue weighted by Crippen LogP contribution is 2.28. The molecule has 0 aliphatic rings. The van der Waals surface area contributed by atoms with Crippen LogP contribution in [0.15, 0.2) is 41.1 Å². The first kappa shape index (κ1) is 11.6. The van der Waals surface area contributed by atoms with E-state index < -0.39 is 5.82 Å². The Balaban J connectivity index is 2.36. The standard InChI is InChI=1S/C12H7BrFN3/c13-11-8(6-15)3-4-10(12(11)14)17-9-2-1-5-16-7-9/h1-5,7,17H. The molecule has 0 atom stereocenters. The number of rotatable bonds is 2. The zero-order valence-electron chi connectivity index (χ0n) is 8.61. The molecule has 3 nitrogen and oxygen atoms in total. The molecule has 1 heterocycles.